The number of nitrogens with one attached hydrogen (secondary N) is 1. The monoisotopic (exact) mass is 329 g/mol. The van der Waals surface area contributed by atoms with Crippen LogP contribution in [0.5, 0.6) is 0 Å². The Kier molecular flexibility index (Phi) is 6.70. The van der Waals surface area contributed by atoms with Gasteiger partial charge in [-0.05, 0) is 64.7 Å². The Morgan fingerprint density at radius 1 is 1.08 bits per heavy atom. The van der Waals surface area contributed by atoms with E-state index in [2.05, 4.69) is 59.3 Å². The van der Waals surface area contributed by atoms with Crippen molar-refractivity contribution >= 4 is 0 Å². The van der Waals surface area contributed by atoms with E-state index in [0.717, 1.165) is 12.6 Å². The molecule has 2 aliphatic heterocycles. The quantitative estimate of drug-likeness (QED) is 0.862. The predicted octanol–water partition coefficient (Wildman–Crippen LogP) is 3.50. The van der Waals surface area contributed by atoms with Crippen LogP contribution >= 0.6 is 0 Å². The molecule has 1 atom stereocenters. The lowest BCUT2D eigenvalue weighted by Gasteiger charge is -2.42. The van der Waals surface area contributed by atoms with Crippen LogP contribution in [0.15, 0.2) is 30.3 Å². The first kappa shape index (κ1) is 17.9. The summed E-state index contributed by atoms with van der Waals surface area (Å²) in [4.78, 5) is 5.41. The fourth-order valence-corrected chi connectivity index (χ4v) is 4.37. The molecule has 0 spiro atoms. The second-order valence-electron chi connectivity index (χ2n) is 7.93. The van der Waals surface area contributed by atoms with Gasteiger partial charge in [0.2, 0.25) is 0 Å². The summed E-state index contributed by atoms with van der Waals surface area (Å²) in [7, 11) is 0. The van der Waals surface area contributed by atoms with Gasteiger partial charge in [0.15, 0.2) is 0 Å². The largest absolute Gasteiger partial charge is 0.313 e. The van der Waals surface area contributed by atoms with Gasteiger partial charge >= 0.3 is 0 Å². The number of nitrogens with zero attached hydrogens (tertiary/aromatic N) is 2. The first-order valence-corrected chi connectivity index (χ1v) is 9.98. The van der Waals surface area contributed by atoms with Crippen LogP contribution in [0.1, 0.15) is 51.5 Å². The molecule has 0 saturated carbocycles. The van der Waals surface area contributed by atoms with E-state index in [1.165, 1.54) is 63.8 Å². The van der Waals surface area contributed by atoms with Gasteiger partial charge in [0, 0.05) is 31.2 Å². The zero-order chi connectivity index (χ0) is 16.8. The van der Waals surface area contributed by atoms with Crippen LogP contribution in [0.4, 0.5) is 0 Å². The highest BCUT2D eigenvalue weighted by Gasteiger charge is 2.28. The number of likely N-dealkylation sites (tertiary alicyclic amines) is 1. The van der Waals surface area contributed by atoms with Crippen molar-refractivity contribution in [1.82, 2.24) is 15.1 Å². The molecule has 2 saturated heterocycles. The molecule has 2 aliphatic rings. The average Bonchev–Trinajstić information content (AvgIpc) is 2.62. The average molecular weight is 330 g/mol. The summed E-state index contributed by atoms with van der Waals surface area (Å²) in [6.07, 6.45) is 6.75. The SMILES string of the molecule is CC(C)N(CC1CCCCN1)C1CCN(Cc2ccccc2)CC1. The van der Waals surface area contributed by atoms with Gasteiger partial charge in [0.1, 0.15) is 0 Å². The van der Waals surface area contributed by atoms with Gasteiger partial charge in [-0.2, -0.15) is 0 Å². The van der Waals surface area contributed by atoms with Crippen LogP contribution in [0.2, 0.25) is 0 Å². The van der Waals surface area contributed by atoms with E-state index in [0.29, 0.717) is 12.1 Å². The van der Waals surface area contributed by atoms with Crippen LogP contribution in [0, 0.1) is 0 Å². The Balaban J connectivity index is 1.49. The lowest BCUT2D eigenvalue weighted by molar-refractivity contribution is 0.0703. The first-order valence-electron chi connectivity index (χ1n) is 9.98. The van der Waals surface area contributed by atoms with Crippen molar-refractivity contribution in [2.45, 2.75) is 70.6 Å². The van der Waals surface area contributed by atoms with Gasteiger partial charge < -0.3 is 5.32 Å². The van der Waals surface area contributed by atoms with Crippen molar-refractivity contribution in [3.8, 4) is 0 Å². The summed E-state index contributed by atoms with van der Waals surface area (Å²) in [5.74, 6) is 0. The Bertz CT molecular complexity index is 459. The molecule has 3 nitrogen and oxygen atoms in total. The van der Waals surface area contributed by atoms with Crippen molar-refractivity contribution in [2.75, 3.05) is 26.2 Å². The van der Waals surface area contributed by atoms with Gasteiger partial charge in [-0.15, -0.1) is 0 Å². The van der Waals surface area contributed by atoms with Gasteiger partial charge in [0.05, 0.1) is 0 Å². The number of rotatable bonds is 6. The maximum atomic E-state index is 3.73. The van der Waals surface area contributed by atoms with Crippen molar-refractivity contribution < 1.29 is 0 Å². The number of hydrogen-bond donors (Lipinski definition) is 1. The molecule has 24 heavy (non-hydrogen) atoms. The van der Waals surface area contributed by atoms with Crippen LogP contribution in [-0.4, -0.2) is 54.1 Å². The van der Waals surface area contributed by atoms with Crippen LogP contribution in [-0.2, 0) is 6.54 Å². The summed E-state index contributed by atoms with van der Waals surface area (Å²) >= 11 is 0. The maximum Gasteiger partial charge on any atom is 0.0233 e. The molecule has 2 heterocycles. The van der Waals surface area contributed by atoms with E-state index in [9.17, 15) is 0 Å². The molecule has 0 bridgehead atoms. The Morgan fingerprint density at radius 3 is 2.46 bits per heavy atom. The van der Waals surface area contributed by atoms with E-state index in [4.69, 9.17) is 0 Å². The lowest BCUT2D eigenvalue weighted by atomic mass is 9.98. The minimum atomic E-state index is 0.652. The standard InChI is InChI=1S/C21H35N3/c1-18(2)24(17-20-10-6-7-13-22-20)21-11-14-23(15-12-21)16-19-8-4-3-5-9-19/h3-5,8-9,18,20-22H,6-7,10-17H2,1-2H3. The minimum Gasteiger partial charge on any atom is -0.313 e. The van der Waals surface area contributed by atoms with Crippen molar-refractivity contribution in [3.05, 3.63) is 35.9 Å². The van der Waals surface area contributed by atoms with Crippen molar-refractivity contribution in [1.29, 1.82) is 0 Å². The zero-order valence-electron chi connectivity index (χ0n) is 15.6. The molecule has 0 aliphatic carbocycles. The second kappa shape index (κ2) is 8.98. The van der Waals surface area contributed by atoms with Gasteiger partial charge in [0.25, 0.3) is 0 Å². The molecular weight excluding hydrogens is 294 g/mol. The highest BCUT2D eigenvalue weighted by atomic mass is 15.2. The predicted molar refractivity (Wildman–Crippen MR) is 102 cm³/mol. The van der Waals surface area contributed by atoms with Gasteiger partial charge in [-0.1, -0.05) is 36.8 Å². The second-order valence-corrected chi connectivity index (χ2v) is 7.93. The van der Waals surface area contributed by atoms with Crippen LogP contribution in [0.25, 0.3) is 0 Å². The molecular formula is C21H35N3. The molecule has 3 heteroatoms. The molecule has 2 fully saturated rings. The summed E-state index contributed by atoms with van der Waals surface area (Å²) in [5, 5.41) is 3.73. The first-order chi connectivity index (χ1) is 11.7. The summed E-state index contributed by atoms with van der Waals surface area (Å²) in [6, 6.07) is 13.0. The molecule has 1 aromatic rings. The van der Waals surface area contributed by atoms with Crippen molar-refractivity contribution in [3.63, 3.8) is 0 Å². The molecule has 1 unspecified atom stereocenters. The van der Waals surface area contributed by atoms with E-state index in [1.807, 2.05) is 0 Å². The fourth-order valence-electron chi connectivity index (χ4n) is 4.37. The molecule has 134 valence electrons. The molecule has 1 aromatic carbocycles. The minimum absolute atomic E-state index is 0.652. The van der Waals surface area contributed by atoms with Crippen molar-refractivity contribution in [2.24, 2.45) is 0 Å². The summed E-state index contributed by atoms with van der Waals surface area (Å²) in [6.45, 7) is 10.8. The highest BCUT2D eigenvalue weighted by molar-refractivity contribution is 5.14. The number of piperidine rings is 2. The van der Waals surface area contributed by atoms with E-state index in [-0.39, 0.29) is 0 Å². The third-order valence-electron chi connectivity index (χ3n) is 5.78. The third-order valence-corrected chi connectivity index (χ3v) is 5.78. The zero-order valence-corrected chi connectivity index (χ0v) is 15.6. The smallest absolute Gasteiger partial charge is 0.0233 e. The molecule has 0 radical (unpaired) electrons. The maximum absolute atomic E-state index is 3.73. The summed E-state index contributed by atoms with van der Waals surface area (Å²) < 4.78 is 0. The summed E-state index contributed by atoms with van der Waals surface area (Å²) in [5.41, 5.74) is 1.45. The number of hydrogen-bond acceptors (Lipinski definition) is 3. The normalized spacial score (nSPS) is 23.9. The topological polar surface area (TPSA) is 18.5 Å². The fraction of sp³-hybridized carbons (Fsp3) is 0.714. The lowest BCUT2D eigenvalue weighted by Crippen LogP contribution is -2.52. The van der Waals surface area contributed by atoms with Gasteiger partial charge in [-0.3, -0.25) is 9.80 Å². The van der Waals surface area contributed by atoms with Crippen LogP contribution < -0.4 is 5.32 Å². The van der Waals surface area contributed by atoms with Crippen LogP contribution in [0.3, 0.4) is 0 Å². The molecule has 0 aromatic heterocycles. The highest BCUT2D eigenvalue weighted by Crippen LogP contribution is 2.22. The molecule has 1 N–H and O–H groups in total. The number of benzene rings is 1. The molecule has 0 amide bonds. The van der Waals surface area contributed by atoms with E-state index >= 15 is 0 Å². The van der Waals surface area contributed by atoms with E-state index in [1.54, 1.807) is 0 Å². The third kappa shape index (κ3) is 5.05. The molecule has 3 rings (SSSR count). The van der Waals surface area contributed by atoms with Gasteiger partial charge in [-0.25, -0.2) is 0 Å². The Morgan fingerprint density at radius 2 is 1.83 bits per heavy atom. The Labute approximate surface area is 148 Å². The Hall–Kier alpha value is -0.900. The van der Waals surface area contributed by atoms with E-state index < -0.39 is 0 Å².